The van der Waals surface area contributed by atoms with Gasteiger partial charge in [-0.05, 0) is 57.1 Å². The third-order valence-electron chi connectivity index (χ3n) is 5.20. The molecule has 1 aliphatic rings. The summed E-state index contributed by atoms with van der Waals surface area (Å²) in [5.74, 6) is -0.665. The van der Waals surface area contributed by atoms with Crippen LogP contribution in [0.2, 0.25) is 0 Å². The van der Waals surface area contributed by atoms with Gasteiger partial charge in [0.15, 0.2) is 18.6 Å². The SMILES string of the molecule is CC(=O)O.Cc1ccc(S(=O)(=O)OCC(F)(F)F)cc1.FC(F)(F)COC1CCNCC1.FC(F)(F)COc1ccncc1.O=c1cc[nH]cc1. The zero-order chi connectivity index (χ0) is 39.1. The van der Waals surface area contributed by atoms with Crippen molar-refractivity contribution in [3.05, 3.63) is 89.1 Å². The first-order valence-electron chi connectivity index (χ1n) is 14.3. The molecule has 51 heavy (non-hydrogen) atoms. The molecule has 1 fully saturated rings. The minimum absolute atomic E-state index is 0.0405. The van der Waals surface area contributed by atoms with Crippen LogP contribution < -0.4 is 15.5 Å². The highest BCUT2D eigenvalue weighted by Crippen LogP contribution is 2.20. The molecule has 3 N–H and O–H groups in total. The van der Waals surface area contributed by atoms with Crippen molar-refractivity contribution < 1.29 is 71.5 Å². The van der Waals surface area contributed by atoms with Gasteiger partial charge < -0.3 is 24.9 Å². The molecule has 1 aliphatic heterocycles. The summed E-state index contributed by atoms with van der Waals surface area (Å²) in [6.45, 7) is 0.121. The highest BCUT2D eigenvalue weighted by atomic mass is 32.2. The first-order valence-corrected chi connectivity index (χ1v) is 15.7. The molecule has 0 saturated carbocycles. The van der Waals surface area contributed by atoms with Crippen LogP contribution in [0.4, 0.5) is 39.5 Å². The number of carboxylic acid groups (broad SMARTS) is 1. The number of aryl methyl sites for hydroxylation is 1. The number of carbonyl (C=O) groups is 1. The zero-order valence-corrected chi connectivity index (χ0v) is 27.8. The van der Waals surface area contributed by atoms with Gasteiger partial charge in [-0.15, -0.1) is 0 Å². The lowest BCUT2D eigenvalue weighted by atomic mass is 10.1. The van der Waals surface area contributed by atoms with Crippen LogP contribution >= 0.6 is 0 Å². The number of alkyl halides is 9. The van der Waals surface area contributed by atoms with Gasteiger partial charge in [0.05, 0.1) is 11.0 Å². The molecule has 288 valence electrons. The fourth-order valence-corrected chi connectivity index (χ4v) is 3.96. The number of piperidine rings is 1. The van der Waals surface area contributed by atoms with Gasteiger partial charge >= 0.3 is 18.5 Å². The highest BCUT2D eigenvalue weighted by molar-refractivity contribution is 7.86. The van der Waals surface area contributed by atoms with E-state index in [2.05, 4.69) is 28.9 Å². The van der Waals surface area contributed by atoms with Crippen molar-refractivity contribution in [3.8, 4) is 5.75 Å². The number of nitrogens with one attached hydrogen (secondary N) is 2. The topological polar surface area (TPSA) is 157 Å². The number of hydrogen-bond acceptors (Lipinski definition) is 9. The molecule has 3 aromatic rings. The van der Waals surface area contributed by atoms with Crippen molar-refractivity contribution >= 4 is 16.1 Å². The van der Waals surface area contributed by atoms with E-state index in [-0.39, 0.29) is 22.2 Å². The van der Waals surface area contributed by atoms with Crippen LogP contribution in [0, 0.1) is 6.92 Å². The van der Waals surface area contributed by atoms with Crippen LogP contribution in [-0.2, 0) is 23.8 Å². The van der Waals surface area contributed by atoms with Gasteiger partial charge in [0.1, 0.15) is 12.4 Å². The highest BCUT2D eigenvalue weighted by Gasteiger charge is 2.32. The van der Waals surface area contributed by atoms with Crippen LogP contribution in [0.1, 0.15) is 25.3 Å². The van der Waals surface area contributed by atoms with Crippen LogP contribution in [-0.4, -0.2) is 87.0 Å². The molecule has 0 amide bonds. The number of halogens is 9. The number of aromatic nitrogens is 2. The Kier molecular flexibility index (Phi) is 21.4. The largest absolute Gasteiger partial charge is 0.484 e. The molecule has 3 heterocycles. The molecule has 0 spiro atoms. The Hall–Kier alpha value is -4.21. The molecule has 1 aromatic carbocycles. The second-order valence-electron chi connectivity index (χ2n) is 9.86. The van der Waals surface area contributed by atoms with Crippen LogP contribution in [0.25, 0.3) is 0 Å². The standard InChI is InChI=1S/C9H9F3O3S.C7H12F3NO.C7H6F3NO.C5H5NO.C2H4O2/c1-7-2-4-8(5-3-7)16(13,14)15-6-9(10,11)12;2*8-7(9,10)5-12-6-1-3-11-4-2-6;7-5-1-3-6-4-2-5;1-2(3)4/h2-5H,6H2,1H3;6,11H,1-5H2;1-4H,5H2;1-4H,(H,6,7);1H3,(H,3,4). The lowest BCUT2D eigenvalue weighted by Crippen LogP contribution is -2.34. The second-order valence-corrected chi connectivity index (χ2v) is 11.5. The van der Waals surface area contributed by atoms with E-state index in [9.17, 15) is 52.7 Å². The first-order chi connectivity index (χ1) is 23.5. The van der Waals surface area contributed by atoms with E-state index in [0.717, 1.165) is 25.6 Å². The van der Waals surface area contributed by atoms with E-state index in [4.69, 9.17) is 9.90 Å². The zero-order valence-electron chi connectivity index (χ0n) is 27.0. The van der Waals surface area contributed by atoms with Crippen LogP contribution in [0.15, 0.2) is 83.0 Å². The maximum absolute atomic E-state index is 11.8. The van der Waals surface area contributed by atoms with Crippen molar-refractivity contribution in [2.45, 2.75) is 56.2 Å². The molecule has 0 radical (unpaired) electrons. The fourth-order valence-electron chi connectivity index (χ4n) is 3.06. The number of benzene rings is 1. The van der Waals surface area contributed by atoms with E-state index in [1.54, 1.807) is 19.3 Å². The number of nitrogens with zero attached hydrogens (tertiary/aromatic N) is 1. The van der Waals surface area contributed by atoms with E-state index < -0.39 is 54.4 Å². The number of pyridine rings is 2. The molecule has 0 aliphatic carbocycles. The van der Waals surface area contributed by atoms with Crippen molar-refractivity contribution in [2.24, 2.45) is 0 Å². The molecular weight excluding hydrogens is 733 g/mol. The summed E-state index contributed by atoms with van der Waals surface area (Å²) in [7, 11) is -4.33. The Balaban J connectivity index is 0.000000648. The molecule has 1 saturated heterocycles. The molecular formula is C30H36F9N3O8S. The number of aromatic amines is 1. The Morgan fingerprint density at radius 3 is 1.71 bits per heavy atom. The number of carboxylic acids is 1. The second kappa shape index (κ2) is 23.3. The monoisotopic (exact) mass is 769 g/mol. The molecule has 2 aromatic heterocycles. The van der Waals surface area contributed by atoms with Crippen molar-refractivity contribution in [1.82, 2.24) is 15.3 Å². The summed E-state index contributed by atoms with van der Waals surface area (Å²) in [6.07, 6.45) is -6.08. The number of ether oxygens (including phenoxy) is 2. The smallest absolute Gasteiger partial charge is 0.422 e. The van der Waals surface area contributed by atoms with E-state index in [1.165, 1.54) is 60.9 Å². The van der Waals surface area contributed by atoms with Crippen LogP contribution in [0.5, 0.6) is 5.75 Å². The summed E-state index contributed by atoms with van der Waals surface area (Å²) in [5, 5.41) is 10.5. The van der Waals surface area contributed by atoms with Gasteiger partial charge in [0.25, 0.3) is 16.1 Å². The summed E-state index contributed by atoms with van der Waals surface area (Å²) in [4.78, 5) is 25.3. The van der Waals surface area contributed by atoms with E-state index >= 15 is 0 Å². The molecule has 0 unspecified atom stereocenters. The summed E-state index contributed by atoms with van der Waals surface area (Å²) < 4.78 is 141. The fraction of sp³-hybridized carbons (Fsp3) is 0.433. The van der Waals surface area contributed by atoms with Crippen molar-refractivity contribution in [1.29, 1.82) is 0 Å². The number of hydrogen-bond donors (Lipinski definition) is 3. The Morgan fingerprint density at radius 1 is 0.824 bits per heavy atom. The first kappa shape index (κ1) is 46.8. The van der Waals surface area contributed by atoms with Gasteiger partial charge in [-0.3, -0.25) is 18.8 Å². The quantitative estimate of drug-likeness (QED) is 0.191. The maximum atomic E-state index is 11.8. The van der Waals surface area contributed by atoms with Gasteiger partial charge in [-0.25, -0.2) is 0 Å². The average molecular weight is 770 g/mol. The number of H-pyrrole nitrogens is 1. The maximum Gasteiger partial charge on any atom is 0.422 e. The Labute approximate surface area is 286 Å². The molecule has 21 heteroatoms. The minimum Gasteiger partial charge on any atom is -0.484 e. The lowest BCUT2D eigenvalue weighted by molar-refractivity contribution is -0.187. The molecule has 0 atom stereocenters. The molecule has 4 rings (SSSR count). The third-order valence-corrected chi connectivity index (χ3v) is 6.47. The third kappa shape index (κ3) is 29.2. The number of rotatable bonds is 7. The summed E-state index contributed by atoms with van der Waals surface area (Å²) in [6, 6.07) is 11.0. The number of aliphatic carboxylic acids is 1. The van der Waals surface area contributed by atoms with Crippen molar-refractivity contribution in [3.63, 3.8) is 0 Å². The van der Waals surface area contributed by atoms with Gasteiger partial charge in [-0.2, -0.15) is 47.9 Å². The van der Waals surface area contributed by atoms with Gasteiger partial charge in [0, 0.05) is 43.8 Å². The van der Waals surface area contributed by atoms with Gasteiger partial charge in [-0.1, -0.05) is 17.7 Å². The minimum atomic E-state index is -4.67. The summed E-state index contributed by atoms with van der Waals surface area (Å²) >= 11 is 0. The predicted molar refractivity (Wildman–Crippen MR) is 164 cm³/mol. The van der Waals surface area contributed by atoms with Crippen molar-refractivity contribution in [2.75, 3.05) is 32.9 Å². The predicted octanol–water partition coefficient (Wildman–Crippen LogP) is 6.07. The van der Waals surface area contributed by atoms with Crippen LogP contribution in [0.3, 0.4) is 0 Å². The molecule has 0 bridgehead atoms. The van der Waals surface area contributed by atoms with Gasteiger partial charge in [0.2, 0.25) is 0 Å². The molecule has 11 nitrogen and oxygen atoms in total. The normalized spacial score (nSPS) is 13.3. The summed E-state index contributed by atoms with van der Waals surface area (Å²) in [5.41, 5.74) is 0.841. The lowest BCUT2D eigenvalue weighted by Gasteiger charge is -2.23. The Bertz CT molecular complexity index is 1510. The van der Waals surface area contributed by atoms with E-state index in [1.807, 2.05) is 0 Å². The Morgan fingerprint density at radius 2 is 1.29 bits per heavy atom. The average Bonchev–Trinajstić information content (AvgIpc) is 3.03. The van der Waals surface area contributed by atoms with E-state index in [0.29, 0.717) is 12.8 Å².